The van der Waals surface area contributed by atoms with E-state index in [1.54, 1.807) is 23.3 Å². The molecule has 5 nitrogen and oxygen atoms in total. The fraction of sp³-hybridized carbons (Fsp3) is 0.636. The Hall–Kier alpha value is -1.36. The van der Waals surface area contributed by atoms with Crippen LogP contribution < -0.4 is 11.1 Å². The molecule has 0 atom stereocenters. The number of rotatable bonds is 3. The summed E-state index contributed by atoms with van der Waals surface area (Å²) >= 11 is 0. The van der Waals surface area contributed by atoms with E-state index in [1.165, 1.54) is 0 Å². The number of carbonyl (C=O) groups excluding carboxylic acids is 1. The highest BCUT2D eigenvalue weighted by molar-refractivity contribution is 5.76. The van der Waals surface area contributed by atoms with Crippen LogP contribution in [-0.4, -0.2) is 27.5 Å². The lowest BCUT2D eigenvalue weighted by molar-refractivity contribution is -0.122. The summed E-state index contributed by atoms with van der Waals surface area (Å²) < 4.78 is 1.77. The Morgan fingerprint density at radius 2 is 2.19 bits per heavy atom. The van der Waals surface area contributed by atoms with Crippen LogP contribution in [0.4, 0.5) is 0 Å². The molecule has 0 aromatic carbocycles. The van der Waals surface area contributed by atoms with Gasteiger partial charge in [-0.3, -0.25) is 4.79 Å². The second kappa shape index (κ2) is 5.12. The first kappa shape index (κ1) is 11.1. The summed E-state index contributed by atoms with van der Waals surface area (Å²) in [4.78, 5) is 15.6. The number of aromatic nitrogens is 2. The van der Waals surface area contributed by atoms with E-state index in [0.717, 1.165) is 25.7 Å². The van der Waals surface area contributed by atoms with Gasteiger partial charge >= 0.3 is 0 Å². The lowest BCUT2D eigenvalue weighted by Gasteiger charge is -2.26. The van der Waals surface area contributed by atoms with Gasteiger partial charge < -0.3 is 15.6 Å². The number of carbonyl (C=O) groups is 1. The highest BCUT2D eigenvalue weighted by Gasteiger charge is 2.19. The third-order valence-corrected chi connectivity index (χ3v) is 3.02. The third kappa shape index (κ3) is 3.06. The molecule has 0 aliphatic heterocycles. The second-order valence-electron chi connectivity index (χ2n) is 4.41. The van der Waals surface area contributed by atoms with Crippen molar-refractivity contribution in [3.05, 3.63) is 18.7 Å². The van der Waals surface area contributed by atoms with E-state index in [9.17, 15) is 4.79 Å². The van der Waals surface area contributed by atoms with E-state index in [2.05, 4.69) is 10.3 Å². The summed E-state index contributed by atoms with van der Waals surface area (Å²) in [7, 11) is 0. The van der Waals surface area contributed by atoms with Gasteiger partial charge in [0.1, 0.15) is 6.54 Å². The maximum absolute atomic E-state index is 11.7. The minimum atomic E-state index is 0.0541. The first-order valence-electron chi connectivity index (χ1n) is 5.75. The Kier molecular flexibility index (Phi) is 3.56. The molecular weight excluding hydrogens is 204 g/mol. The normalized spacial score (nSPS) is 25.3. The monoisotopic (exact) mass is 222 g/mol. The van der Waals surface area contributed by atoms with Crippen LogP contribution >= 0.6 is 0 Å². The molecule has 1 aromatic heterocycles. The smallest absolute Gasteiger partial charge is 0.240 e. The third-order valence-electron chi connectivity index (χ3n) is 3.02. The molecule has 1 aromatic rings. The van der Waals surface area contributed by atoms with Gasteiger partial charge in [-0.1, -0.05) is 0 Å². The van der Waals surface area contributed by atoms with Crippen LogP contribution in [0.3, 0.4) is 0 Å². The van der Waals surface area contributed by atoms with Crippen LogP contribution in [0.5, 0.6) is 0 Å². The van der Waals surface area contributed by atoms with Crippen LogP contribution in [0.1, 0.15) is 25.7 Å². The van der Waals surface area contributed by atoms with Gasteiger partial charge in [-0.15, -0.1) is 0 Å². The Morgan fingerprint density at radius 3 is 2.81 bits per heavy atom. The molecule has 1 saturated carbocycles. The van der Waals surface area contributed by atoms with Crippen molar-refractivity contribution in [3.8, 4) is 0 Å². The molecule has 1 amide bonds. The maximum Gasteiger partial charge on any atom is 0.240 e. The molecule has 1 aliphatic carbocycles. The van der Waals surface area contributed by atoms with Gasteiger partial charge in [0.15, 0.2) is 0 Å². The number of nitrogens with zero attached hydrogens (tertiary/aromatic N) is 2. The molecule has 16 heavy (non-hydrogen) atoms. The fourth-order valence-electron chi connectivity index (χ4n) is 2.08. The molecule has 3 N–H and O–H groups in total. The van der Waals surface area contributed by atoms with Gasteiger partial charge in [-0.25, -0.2) is 4.98 Å². The molecule has 0 saturated heterocycles. The van der Waals surface area contributed by atoms with Gasteiger partial charge in [0.05, 0.1) is 6.33 Å². The van der Waals surface area contributed by atoms with Gasteiger partial charge in [-0.2, -0.15) is 0 Å². The molecule has 0 unspecified atom stereocenters. The summed E-state index contributed by atoms with van der Waals surface area (Å²) in [5, 5.41) is 3.03. The van der Waals surface area contributed by atoms with Crippen molar-refractivity contribution in [2.24, 2.45) is 5.73 Å². The average Bonchev–Trinajstić information content (AvgIpc) is 2.74. The number of amides is 1. The van der Waals surface area contributed by atoms with Crippen molar-refractivity contribution in [3.63, 3.8) is 0 Å². The molecule has 88 valence electrons. The number of nitrogens with two attached hydrogens (primary N) is 1. The van der Waals surface area contributed by atoms with Crippen molar-refractivity contribution in [2.45, 2.75) is 44.3 Å². The average molecular weight is 222 g/mol. The van der Waals surface area contributed by atoms with E-state index < -0.39 is 0 Å². The highest BCUT2D eigenvalue weighted by atomic mass is 16.2. The predicted octanol–water partition coefficient (Wildman–Crippen LogP) is 0.269. The Bertz CT molecular complexity index is 328. The quantitative estimate of drug-likeness (QED) is 0.771. The van der Waals surface area contributed by atoms with Gasteiger partial charge in [-0.05, 0) is 25.7 Å². The number of imidazole rings is 1. The van der Waals surface area contributed by atoms with Crippen molar-refractivity contribution in [1.29, 1.82) is 0 Å². The van der Waals surface area contributed by atoms with Gasteiger partial charge in [0, 0.05) is 24.5 Å². The Balaban J connectivity index is 1.75. The van der Waals surface area contributed by atoms with E-state index in [-0.39, 0.29) is 5.91 Å². The Morgan fingerprint density at radius 1 is 1.44 bits per heavy atom. The zero-order valence-electron chi connectivity index (χ0n) is 9.30. The van der Waals surface area contributed by atoms with Crippen molar-refractivity contribution in [2.75, 3.05) is 0 Å². The van der Waals surface area contributed by atoms with Gasteiger partial charge in [0.2, 0.25) is 5.91 Å². The zero-order chi connectivity index (χ0) is 11.4. The highest BCUT2D eigenvalue weighted by Crippen LogP contribution is 2.16. The van der Waals surface area contributed by atoms with E-state index >= 15 is 0 Å². The van der Waals surface area contributed by atoms with Crippen LogP contribution in [0.2, 0.25) is 0 Å². The topological polar surface area (TPSA) is 72.9 Å². The lowest BCUT2D eigenvalue weighted by atomic mass is 9.92. The molecule has 0 radical (unpaired) electrons. The largest absolute Gasteiger partial charge is 0.352 e. The summed E-state index contributed by atoms with van der Waals surface area (Å²) in [6.45, 7) is 0.350. The molecule has 1 heterocycles. The molecule has 2 rings (SSSR count). The van der Waals surface area contributed by atoms with Gasteiger partial charge in [0.25, 0.3) is 0 Å². The number of hydrogen-bond acceptors (Lipinski definition) is 3. The zero-order valence-corrected chi connectivity index (χ0v) is 9.30. The van der Waals surface area contributed by atoms with E-state index in [0.29, 0.717) is 18.6 Å². The van der Waals surface area contributed by atoms with Crippen molar-refractivity contribution >= 4 is 5.91 Å². The Labute approximate surface area is 95.0 Å². The SMILES string of the molecule is N[C@H]1CC[C@H](NC(=O)Cn2ccnc2)CC1. The molecule has 0 spiro atoms. The first-order chi connectivity index (χ1) is 7.74. The van der Waals surface area contributed by atoms with Crippen molar-refractivity contribution < 1.29 is 4.79 Å². The van der Waals surface area contributed by atoms with Crippen LogP contribution in [0.15, 0.2) is 18.7 Å². The summed E-state index contributed by atoms with van der Waals surface area (Å²) in [6.07, 6.45) is 9.12. The minimum Gasteiger partial charge on any atom is -0.352 e. The van der Waals surface area contributed by atoms with Crippen LogP contribution in [-0.2, 0) is 11.3 Å². The minimum absolute atomic E-state index is 0.0541. The van der Waals surface area contributed by atoms with Crippen molar-refractivity contribution in [1.82, 2.24) is 14.9 Å². The molecule has 5 heteroatoms. The second-order valence-corrected chi connectivity index (χ2v) is 4.41. The summed E-state index contributed by atoms with van der Waals surface area (Å²) in [6, 6.07) is 0.623. The lowest BCUT2D eigenvalue weighted by Crippen LogP contribution is -2.41. The first-order valence-corrected chi connectivity index (χ1v) is 5.75. The summed E-state index contributed by atoms with van der Waals surface area (Å²) in [5.74, 6) is 0.0541. The van der Waals surface area contributed by atoms with Crippen LogP contribution in [0.25, 0.3) is 0 Å². The summed E-state index contributed by atoms with van der Waals surface area (Å²) in [5.41, 5.74) is 5.81. The molecule has 0 bridgehead atoms. The molecule has 1 fully saturated rings. The van der Waals surface area contributed by atoms with E-state index in [1.807, 2.05) is 0 Å². The van der Waals surface area contributed by atoms with E-state index in [4.69, 9.17) is 5.73 Å². The standard InChI is InChI=1S/C11H18N4O/c12-9-1-3-10(4-2-9)14-11(16)7-15-6-5-13-8-15/h5-6,8-10H,1-4,7,12H2,(H,14,16)/t9-,10-. The number of nitrogens with one attached hydrogen (secondary N) is 1. The number of hydrogen-bond donors (Lipinski definition) is 2. The molecular formula is C11H18N4O. The maximum atomic E-state index is 11.7. The predicted molar refractivity (Wildman–Crippen MR) is 60.6 cm³/mol. The molecule has 1 aliphatic rings. The van der Waals surface area contributed by atoms with Crippen LogP contribution in [0, 0.1) is 0 Å². The fourth-order valence-corrected chi connectivity index (χ4v) is 2.08.